The molecule has 5 nitrogen and oxygen atoms in total. The van der Waals surface area contributed by atoms with Gasteiger partial charge < -0.3 is 4.90 Å². The van der Waals surface area contributed by atoms with Crippen LogP contribution < -0.4 is 0 Å². The summed E-state index contributed by atoms with van der Waals surface area (Å²) < 4.78 is 13.2. The minimum absolute atomic E-state index is 0.176. The molecule has 1 aliphatic rings. The molecule has 0 bridgehead atoms. The van der Waals surface area contributed by atoms with Crippen molar-refractivity contribution in [3.63, 3.8) is 0 Å². The standard InChI is InChI=1S/C27H28FN5S/c28-23-6-4-21(5-7-23)20-33-14-2-13-32(16-17-33)15-10-24-19-25(26-3-1-18-34-26)31-27(30-24)22-8-11-29-12-9-22/h1,3-9,11-12,18-19H,2,10,13-17,20H2. The van der Waals surface area contributed by atoms with Crippen LogP contribution in [0.1, 0.15) is 17.7 Å². The van der Waals surface area contributed by atoms with Crippen molar-refractivity contribution in [3.8, 4) is 22.0 Å². The highest BCUT2D eigenvalue weighted by Gasteiger charge is 2.16. The maximum Gasteiger partial charge on any atom is 0.160 e. The number of thiophene rings is 1. The molecule has 0 N–H and O–H groups in total. The average molecular weight is 474 g/mol. The Labute approximate surface area is 204 Å². The van der Waals surface area contributed by atoms with Crippen molar-refractivity contribution in [1.29, 1.82) is 0 Å². The van der Waals surface area contributed by atoms with Gasteiger partial charge in [-0.1, -0.05) is 18.2 Å². The Morgan fingerprint density at radius 2 is 1.68 bits per heavy atom. The predicted molar refractivity (Wildman–Crippen MR) is 135 cm³/mol. The second-order valence-electron chi connectivity index (χ2n) is 8.63. The summed E-state index contributed by atoms with van der Waals surface area (Å²) in [5, 5.41) is 2.08. The summed E-state index contributed by atoms with van der Waals surface area (Å²) in [5.41, 5.74) is 4.20. The van der Waals surface area contributed by atoms with Crippen molar-refractivity contribution in [2.45, 2.75) is 19.4 Å². The molecule has 4 heterocycles. The first-order valence-corrected chi connectivity index (χ1v) is 12.6. The van der Waals surface area contributed by atoms with Crippen molar-refractivity contribution in [2.24, 2.45) is 0 Å². The van der Waals surface area contributed by atoms with E-state index in [0.29, 0.717) is 0 Å². The quantitative estimate of drug-likeness (QED) is 0.371. The van der Waals surface area contributed by atoms with Gasteiger partial charge in [-0.2, -0.15) is 0 Å². The van der Waals surface area contributed by atoms with Crippen molar-refractivity contribution in [1.82, 2.24) is 24.8 Å². The fraction of sp³-hybridized carbons (Fsp3) is 0.296. The lowest BCUT2D eigenvalue weighted by Gasteiger charge is -2.22. The van der Waals surface area contributed by atoms with Crippen LogP contribution in [0.3, 0.4) is 0 Å². The molecule has 0 spiro atoms. The van der Waals surface area contributed by atoms with Gasteiger partial charge in [0.2, 0.25) is 0 Å². The highest BCUT2D eigenvalue weighted by molar-refractivity contribution is 7.13. The van der Waals surface area contributed by atoms with Gasteiger partial charge in [0.15, 0.2) is 5.82 Å². The van der Waals surface area contributed by atoms with Crippen LogP contribution in [-0.4, -0.2) is 57.5 Å². The van der Waals surface area contributed by atoms with Gasteiger partial charge in [0, 0.05) is 56.3 Å². The normalized spacial score (nSPS) is 15.3. The van der Waals surface area contributed by atoms with Gasteiger partial charge in [-0.15, -0.1) is 11.3 Å². The Bertz CT molecular complexity index is 1180. The van der Waals surface area contributed by atoms with Crippen molar-refractivity contribution in [3.05, 3.63) is 89.4 Å². The minimum Gasteiger partial charge on any atom is -0.302 e. The Balaban J connectivity index is 1.24. The molecule has 34 heavy (non-hydrogen) atoms. The fourth-order valence-corrected chi connectivity index (χ4v) is 5.02. The molecule has 0 atom stereocenters. The highest BCUT2D eigenvalue weighted by Crippen LogP contribution is 2.26. The van der Waals surface area contributed by atoms with Crippen LogP contribution in [0.25, 0.3) is 22.0 Å². The van der Waals surface area contributed by atoms with Gasteiger partial charge in [0.05, 0.1) is 10.6 Å². The summed E-state index contributed by atoms with van der Waals surface area (Å²) in [5.74, 6) is 0.578. The van der Waals surface area contributed by atoms with Gasteiger partial charge in [-0.3, -0.25) is 9.88 Å². The van der Waals surface area contributed by atoms with Crippen LogP contribution in [0.5, 0.6) is 0 Å². The van der Waals surface area contributed by atoms with Crippen LogP contribution in [-0.2, 0) is 13.0 Å². The average Bonchev–Trinajstić information content (AvgIpc) is 3.33. The molecule has 0 radical (unpaired) electrons. The predicted octanol–water partition coefficient (Wildman–Crippen LogP) is 5.16. The Hall–Kier alpha value is -3.00. The number of halogens is 1. The number of aromatic nitrogens is 3. The van der Waals surface area contributed by atoms with E-state index < -0.39 is 0 Å². The number of pyridine rings is 1. The monoisotopic (exact) mass is 473 g/mol. The molecule has 1 saturated heterocycles. The van der Waals surface area contributed by atoms with Crippen LogP contribution in [0.2, 0.25) is 0 Å². The van der Waals surface area contributed by atoms with E-state index >= 15 is 0 Å². The molecule has 3 aromatic heterocycles. The zero-order valence-electron chi connectivity index (χ0n) is 19.1. The number of hydrogen-bond acceptors (Lipinski definition) is 6. The van der Waals surface area contributed by atoms with Crippen molar-refractivity contribution >= 4 is 11.3 Å². The van der Waals surface area contributed by atoms with Gasteiger partial charge in [0.25, 0.3) is 0 Å². The van der Waals surface area contributed by atoms with Gasteiger partial charge in [-0.05, 0) is 66.9 Å². The lowest BCUT2D eigenvalue weighted by atomic mass is 10.2. The first-order chi connectivity index (χ1) is 16.7. The first-order valence-electron chi connectivity index (χ1n) is 11.7. The first kappa shape index (κ1) is 22.8. The van der Waals surface area contributed by atoms with Crippen LogP contribution in [0.15, 0.2) is 72.4 Å². The van der Waals surface area contributed by atoms with Gasteiger partial charge >= 0.3 is 0 Å². The third-order valence-corrected chi connectivity index (χ3v) is 7.07. The summed E-state index contributed by atoms with van der Waals surface area (Å²) in [7, 11) is 0. The molecule has 0 saturated carbocycles. The van der Waals surface area contributed by atoms with E-state index in [-0.39, 0.29) is 5.82 Å². The molecule has 0 aliphatic carbocycles. The lowest BCUT2D eigenvalue weighted by molar-refractivity contribution is 0.252. The second kappa shape index (κ2) is 11.0. The third-order valence-electron chi connectivity index (χ3n) is 6.18. The van der Waals surface area contributed by atoms with Gasteiger partial charge in [-0.25, -0.2) is 14.4 Å². The number of nitrogens with zero attached hydrogens (tertiary/aromatic N) is 5. The maximum absolute atomic E-state index is 13.2. The molecule has 5 rings (SSSR count). The molecular formula is C27H28FN5S. The van der Waals surface area contributed by atoms with Crippen LogP contribution >= 0.6 is 11.3 Å². The molecule has 1 fully saturated rings. The minimum atomic E-state index is -0.176. The number of rotatable bonds is 7. The zero-order chi connectivity index (χ0) is 23.2. The van der Waals surface area contributed by atoms with E-state index in [9.17, 15) is 4.39 Å². The van der Waals surface area contributed by atoms with E-state index in [1.165, 1.54) is 5.56 Å². The Kier molecular flexibility index (Phi) is 7.34. The fourth-order valence-electron chi connectivity index (χ4n) is 4.33. The van der Waals surface area contributed by atoms with E-state index in [4.69, 9.17) is 9.97 Å². The molecule has 1 aliphatic heterocycles. The molecule has 174 valence electrons. The summed E-state index contributed by atoms with van der Waals surface area (Å²) in [4.78, 5) is 20.0. The highest BCUT2D eigenvalue weighted by atomic mass is 32.1. The summed E-state index contributed by atoms with van der Waals surface area (Å²) in [6.45, 7) is 6.04. The molecule has 4 aromatic rings. The Morgan fingerprint density at radius 1 is 0.882 bits per heavy atom. The van der Waals surface area contributed by atoms with E-state index in [1.54, 1.807) is 35.9 Å². The van der Waals surface area contributed by atoms with E-state index in [0.717, 1.165) is 79.8 Å². The SMILES string of the molecule is Fc1ccc(CN2CCCN(CCc3cc(-c4cccs4)nc(-c4ccncc4)n3)CC2)cc1. The molecule has 7 heteroatoms. The molecule has 1 aromatic carbocycles. The van der Waals surface area contributed by atoms with Crippen LogP contribution in [0.4, 0.5) is 4.39 Å². The summed E-state index contributed by atoms with van der Waals surface area (Å²) in [6.07, 6.45) is 5.58. The van der Waals surface area contributed by atoms with E-state index in [2.05, 4.69) is 38.4 Å². The smallest absolute Gasteiger partial charge is 0.160 e. The number of benzene rings is 1. The molecule has 0 unspecified atom stereocenters. The summed E-state index contributed by atoms with van der Waals surface area (Å²) in [6, 6.07) is 17.1. The van der Waals surface area contributed by atoms with Crippen LogP contribution in [0, 0.1) is 5.82 Å². The third kappa shape index (κ3) is 5.91. The maximum atomic E-state index is 13.2. The van der Waals surface area contributed by atoms with E-state index in [1.807, 2.05) is 24.3 Å². The molecular weight excluding hydrogens is 445 g/mol. The van der Waals surface area contributed by atoms with Crippen molar-refractivity contribution in [2.75, 3.05) is 32.7 Å². The zero-order valence-corrected chi connectivity index (χ0v) is 19.9. The summed E-state index contributed by atoms with van der Waals surface area (Å²) >= 11 is 1.70. The second-order valence-corrected chi connectivity index (χ2v) is 9.58. The molecule has 0 amide bonds. The Morgan fingerprint density at radius 3 is 2.47 bits per heavy atom. The topological polar surface area (TPSA) is 45.2 Å². The van der Waals surface area contributed by atoms with Crippen molar-refractivity contribution < 1.29 is 4.39 Å². The largest absolute Gasteiger partial charge is 0.302 e. The number of hydrogen-bond donors (Lipinski definition) is 0. The lowest BCUT2D eigenvalue weighted by Crippen LogP contribution is -2.32. The van der Waals surface area contributed by atoms with Gasteiger partial charge in [0.1, 0.15) is 5.82 Å².